The predicted octanol–water partition coefficient (Wildman–Crippen LogP) is 2.94. The molecule has 0 aliphatic rings. The number of aromatic amines is 1. The van der Waals surface area contributed by atoms with Crippen molar-refractivity contribution >= 4 is 29.0 Å². The summed E-state index contributed by atoms with van der Waals surface area (Å²) in [4.78, 5) is 4.26. The zero-order chi connectivity index (χ0) is 14.1. The van der Waals surface area contributed by atoms with Gasteiger partial charge in [0.05, 0.1) is 6.20 Å². The second-order valence-electron chi connectivity index (χ2n) is 4.09. The number of nitrogens with two attached hydrogens (primary N) is 1. The fourth-order valence-corrected chi connectivity index (χ4v) is 2.29. The summed E-state index contributed by atoms with van der Waals surface area (Å²) in [6.45, 7) is 0. The van der Waals surface area contributed by atoms with E-state index < -0.39 is 0 Å². The minimum absolute atomic E-state index is 0.300. The van der Waals surface area contributed by atoms with Gasteiger partial charge in [-0.05, 0) is 17.7 Å². The molecule has 0 radical (unpaired) electrons. The summed E-state index contributed by atoms with van der Waals surface area (Å²) in [5, 5.41) is 11.4. The molecule has 102 valence electrons. The largest absolute Gasteiger partial charge is 0.383 e. The van der Waals surface area contributed by atoms with Gasteiger partial charge in [-0.25, -0.2) is 0 Å². The Bertz CT molecular complexity index is 732. The van der Waals surface area contributed by atoms with Gasteiger partial charge in [-0.2, -0.15) is 10.1 Å². The molecule has 0 bridgehead atoms. The molecular formula is C12H9Cl2N5O. The van der Waals surface area contributed by atoms with E-state index in [0.717, 1.165) is 5.56 Å². The Balaban J connectivity index is 1.90. The molecule has 6 nitrogen and oxygen atoms in total. The highest BCUT2D eigenvalue weighted by Crippen LogP contribution is 2.27. The molecule has 0 aliphatic carbocycles. The van der Waals surface area contributed by atoms with Gasteiger partial charge in [0, 0.05) is 16.5 Å². The van der Waals surface area contributed by atoms with Crippen molar-refractivity contribution < 1.29 is 4.52 Å². The fraction of sp³-hybridized carbons (Fsp3) is 0.0833. The SMILES string of the molecule is Nc1[nH]ncc1-c1nc(Cc2c(Cl)cccc2Cl)no1. The zero-order valence-corrected chi connectivity index (χ0v) is 11.6. The highest BCUT2D eigenvalue weighted by molar-refractivity contribution is 6.36. The summed E-state index contributed by atoms with van der Waals surface area (Å²) < 4.78 is 5.15. The number of hydrogen-bond acceptors (Lipinski definition) is 5. The average molecular weight is 310 g/mol. The molecule has 3 aromatic rings. The summed E-state index contributed by atoms with van der Waals surface area (Å²) in [7, 11) is 0. The average Bonchev–Trinajstić information content (AvgIpc) is 3.02. The van der Waals surface area contributed by atoms with Crippen molar-refractivity contribution in [2.24, 2.45) is 0 Å². The Hall–Kier alpha value is -2.05. The number of hydrogen-bond donors (Lipinski definition) is 2. The zero-order valence-electron chi connectivity index (χ0n) is 10.1. The molecule has 0 aliphatic heterocycles. The summed E-state index contributed by atoms with van der Waals surface area (Å²) in [5.74, 6) is 1.14. The van der Waals surface area contributed by atoms with Crippen LogP contribution in [-0.4, -0.2) is 20.3 Å². The van der Waals surface area contributed by atoms with Crippen LogP contribution < -0.4 is 5.73 Å². The third-order valence-electron chi connectivity index (χ3n) is 2.76. The minimum Gasteiger partial charge on any atom is -0.383 e. The van der Waals surface area contributed by atoms with E-state index in [1.54, 1.807) is 18.2 Å². The predicted molar refractivity (Wildman–Crippen MR) is 75.6 cm³/mol. The van der Waals surface area contributed by atoms with E-state index in [9.17, 15) is 0 Å². The smallest absolute Gasteiger partial charge is 0.263 e. The monoisotopic (exact) mass is 309 g/mol. The molecule has 2 aromatic heterocycles. The number of aromatic nitrogens is 4. The number of anilines is 1. The third-order valence-corrected chi connectivity index (χ3v) is 3.47. The van der Waals surface area contributed by atoms with Crippen molar-refractivity contribution in [3.63, 3.8) is 0 Å². The molecule has 20 heavy (non-hydrogen) atoms. The quantitative estimate of drug-likeness (QED) is 0.775. The first-order chi connectivity index (χ1) is 9.65. The lowest BCUT2D eigenvalue weighted by Crippen LogP contribution is -1.93. The number of nitrogens with one attached hydrogen (secondary N) is 1. The second kappa shape index (κ2) is 5.15. The van der Waals surface area contributed by atoms with Crippen LogP contribution in [0, 0.1) is 0 Å². The van der Waals surface area contributed by atoms with Crippen molar-refractivity contribution in [3.8, 4) is 11.5 Å². The maximum atomic E-state index is 6.11. The first kappa shape index (κ1) is 13.0. The first-order valence-corrected chi connectivity index (χ1v) is 6.45. The van der Waals surface area contributed by atoms with Gasteiger partial charge in [-0.3, -0.25) is 5.10 Å². The van der Waals surface area contributed by atoms with Crippen LogP contribution in [0.1, 0.15) is 11.4 Å². The molecule has 8 heteroatoms. The molecule has 0 unspecified atom stereocenters. The van der Waals surface area contributed by atoms with Crippen LogP contribution >= 0.6 is 23.2 Å². The summed E-state index contributed by atoms with van der Waals surface area (Å²) in [5.41, 5.74) is 7.01. The standard InChI is InChI=1S/C12H9Cl2N5O/c13-8-2-1-3-9(14)6(8)4-10-17-12(20-19-10)7-5-16-18-11(7)15/h1-3,5H,4H2,(H3,15,16,18). The molecule has 3 rings (SSSR count). The van der Waals surface area contributed by atoms with Crippen molar-refractivity contribution in [3.05, 3.63) is 45.8 Å². The molecule has 0 amide bonds. The topological polar surface area (TPSA) is 93.6 Å². The lowest BCUT2D eigenvalue weighted by atomic mass is 10.1. The van der Waals surface area contributed by atoms with Crippen molar-refractivity contribution in [2.75, 3.05) is 5.73 Å². The van der Waals surface area contributed by atoms with Crippen LogP contribution in [0.15, 0.2) is 28.9 Å². The van der Waals surface area contributed by atoms with E-state index in [0.29, 0.717) is 39.6 Å². The van der Waals surface area contributed by atoms with Crippen LogP contribution in [0.3, 0.4) is 0 Å². The highest BCUT2D eigenvalue weighted by Gasteiger charge is 2.15. The van der Waals surface area contributed by atoms with E-state index in [1.165, 1.54) is 6.20 Å². The van der Waals surface area contributed by atoms with Gasteiger partial charge < -0.3 is 10.3 Å². The lowest BCUT2D eigenvalue weighted by molar-refractivity contribution is 0.424. The first-order valence-electron chi connectivity index (χ1n) is 5.70. The third kappa shape index (κ3) is 2.35. The van der Waals surface area contributed by atoms with Crippen LogP contribution in [0.25, 0.3) is 11.5 Å². The Morgan fingerprint density at radius 1 is 1.25 bits per heavy atom. The molecule has 0 saturated heterocycles. The van der Waals surface area contributed by atoms with Crippen molar-refractivity contribution in [1.29, 1.82) is 0 Å². The van der Waals surface area contributed by atoms with E-state index in [2.05, 4.69) is 20.3 Å². The Labute approximate surface area is 123 Å². The van der Waals surface area contributed by atoms with Gasteiger partial charge in [-0.1, -0.05) is 34.4 Å². The number of nitrogens with zero attached hydrogens (tertiary/aromatic N) is 3. The molecule has 0 atom stereocenters. The van der Waals surface area contributed by atoms with Crippen molar-refractivity contribution in [1.82, 2.24) is 20.3 Å². The van der Waals surface area contributed by atoms with E-state index in [4.69, 9.17) is 33.5 Å². The number of H-pyrrole nitrogens is 1. The maximum Gasteiger partial charge on any atom is 0.263 e. The Morgan fingerprint density at radius 2 is 2.00 bits per heavy atom. The molecule has 2 heterocycles. The van der Waals surface area contributed by atoms with Crippen LogP contribution in [0.4, 0.5) is 5.82 Å². The van der Waals surface area contributed by atoms with Crippen LogP contribution in [0.2, 0.25) is 10.0 Å². The van der Waals surface area contributed by atoms with Gasteiger partial charge in [0.25, 0.3) is 5.89 Å². The Morgan fingerprint density at radius 3 is 2.65 bits per heavy atom. The highest BCUT2D eigenvalue weighted by atomic mass is 35.5. The fourth-order valence-electron chi connectivity index (χ4n) is 1.76. The number of rotatable bonds is 3. The van der Waals surface area contributed by atoms with Gasteiger partial charge in [0.2, 0.25) is 0 Å². The molecule has 0 spiro atoms. The molecule has 3 N–H and O–H groups in total. The van der Waals surface area contributed by atoms with E-state index in [1.807, 2.05) is 0 Å². The van der Waals surface area contributed by atoms with Crippen LogP contribution in [0.5, 0.6) is 0 Å². The number of nitrogen functional groups attached to an aromatic ring is 1. The number of halogens is 2. The van der Waals surface area contributed by atoms with Gasteiger partial charge in [0.15, 0.2) is 5.82 Å². The summed E-state index contributed by atoms with van der Waals surface area (Å²) in [6, 6.07) is 5.30. The summed E-state index contributed by atoms with van der Waals surface area (Å²) >= 11 is 12.2. The van der Waals surface area contributed by atoms with Gasteiger partial charge in [-0.15, -0.1) is 0 Å². The minimum atomic E-state index is 0.300. The molecular weight excluding hydrogens is 301 g/mol. The second-order valence-corrected chi connectivity index (χ2v) is 4.90. The Kier molecular flexibility index (Phi) is 3.33. The van der Waals surface area contributed by atoms with E-state index in [-0.39, 0.29) is 0 Å². The lowest BCUT2D eigenvalue weighted by Gasteiger charge is -2.02. The van der Waals surface area contributed by atoms with Crippen molar-refractivity contribution in [2.45, 2.75) is 6.42 Å². The summed E-state index contributed by atoms with van der Waals surface area (Å²) in [6.07, 6.45) is 1.90. The molecule has 0 fully saturated rings. The number of benzene rings is 1. The van der Waals surface area contributed by atoms with Gasteiger partial charge >= 0.3 is 0 Å². The van der Waals surface area contributed by atoms with E-state index >= 15 is 0 Å². The normalized spacial score (nSPS) is 10.9. The van der Waals surface area contributed by atoms with Gasteiger partial charge in [0.1, 0.15) is 11.4 Å². The molecule has 1 aromatic carbocycles. The molecule has 0 saturated carbocycles. The maximum absolute atomic E-state index is 6.11. The van der Waals surface area contributed by atoms with Crippen LogP contribution in [-0.2, 0) is 6.42 Å².